The first-order chi connectivity index (χ1) is 14.9. The van der Waals surface area contributed by atoms with E-state index in [9.17, 15) is 18.0 Å². The summed E-state index contributed by atoms with van der Waals surface area (Å²) in [5.41, 5.74) is 1.79. The van der Waals surface area contributed by atoms with Gasteiger partial charge in [0.25, 0.3) is 0 Å². The summed E-state index contributed by atoms with van der Waals surface area (Å²) >= 11 is 9.39. The minimum atomic E-state index is -3.78. The van der Waals surface area contributed by atoms with E-state index in [4.69, 9.17) is 11.6 Å². The zero-order valence-electron chi connectivity index (χ0n) is 18.4. The van der Waals surface area contributed by atoms with Crippen LogP contribution in [0.4, 0.5) is 5.69 Å². The molecule has 2 rings (SSSR count). The third-order valence-electron chi connectivity index (χ3n) is 4.89. The molecule has 0 aliphatic rings. The maximum Gasteiger partial charge on any atom is 0.244 e. The Kier molecular flexibility index (Phi) is 9.12. The second-order valence-corrected chi connectivity index (χ2v) is 10.7. The van der Waals surface area contributed by atoms with Crippen molar-refractivity contribution >= 4 is 55.1 Å². The van der Waals surface area contributed by atoms with Crippen LogP contribution < -0.4 is 9.62 Å². The van der Waals surface area contributed by atoms with Crippen molar-refractivity contribution in [1.82, 2.24) is 10.2 Å². The second-order valence-electron chi connectivity index (χ2n) is 7.42. The van der Waals surface area contributed by atoms with E-state index in [1.807, 2.05) is 24.3 Å². The lowest BCUT2D eigenvalue weighted by molar-refractivity contribution is -0.139. The lowest BCUT2D eigenvalue weighted by Crippen LogP contribution is -2.51. The number of nitrogens with one attached hydrogen (secondary N) is 1. The van der Waals surface area contributed by atoms with E-state index in [0.717, 1.165) is 20.6 Å². The standard InChI is InChI=1S/C22H27BrClN3O4S/c1-5-25-22(29)16(3)26(13-17-6-8-18(23)9-7-17)21(28)14-27(32(4,30)31)20-11-10-19(24)12-15(20)2/h6-12,16H,5,13-14H2,1-4H3,(H,25,29). The molecule has 2 aromatic rings. The summed E-state index contributed by atoms with van der Waals surface area (Å²) in [6, 6.07) is 11.3. The molecule has 0 aromatic heterocycles. The maximum absolute atomic E-state index is 13.4. The van der Waals surface area contributed by atoms with E-state index < -0.39 is 28.5 Å². The highest BCUT2D eigenvalue weighted by Gasteiger charge is 2.30. The molecule has 0 saturated carbocycles. The van der Waals surface area contributed by atoms with Gasteiger partial charge in [0, 0.05) is 22.6 Å². The van der Waals surface area contributed by atoms with Gasteiger partial charge in [-0.1, -0.05) is 39.7 Å². The summed E-state index contributed by atoms with van der Waals surface area (Å²) in [7, 11) is -3.78. The van der Waals surface area contributed by atoms with Crippen LogP contribution in [-0.2, 0) is 26.2 Å². The fourth-order valence-corrected chi connectivity index (χ4v) is 4.58. The normalized spacial score (nSPS) is 12.2. The van der Waals surface area contributed by atoms with Crippen molar-refractivity contribution < 1.29 is 18.0 Å². The Bertz CT molecular complexity index is 1080. The van der Waals surface area contributed by atoms with Gasteiger partial charge in [-0.15, -0.1) is 0 Å². The van der Waals surface area contributed by atoms with Crippen LogP contribution >= 0.6 is 27.5 Å². The molecular weight excluding hydrogens is 518 g/mol. The molecule has 0 fully saturated rings. The summed E-state index contributed by atoms with van der Waals surface area (Å²) in [6.07, 6.45) is 1.04. The predicted molar refractivity (Wildman–Crippen MR) is 131 cm³/mol. The van der Waals surface area contributed by atoms with Gasteiger partial charge in [-0.2, -0.15) is 0 Å². The average Bonchev–Trinajstić information content (AvgIpc) is 2.71. The molecule has 2 amide bonds. The van der Waals surface area contributed by atoms with Crippen LogP contribution in [0.15, 0.2) is 46.9 Å². The molecule has 0 aliphatic carbocycles. The van der Waals surface area contributed by atoms with Crippen LogP contribution in [0.25, 0.3) is 0 Å². The third-order valence-corrected chi connectivity index (χ3v) is 6.78. The van der Waals surface area contributed by atoms with Gasteiger partial charge < -0.3 is 10.2 Å². The number of rotatable bonds is 9. The Morgan fingerprint density at radius 2 is 1.78 bits per heavy atom. The van der Waals surface area contributed by atoms with Gasteiger partial charge in [0.2, 0.25) is 21.8 Å². The summed E-state index contributed by atoms with van der Waals surface area (Å²) < 4.78 is 27.1. The van der Waals surface area contributed by atoms with Crippen molar-refractivity contribution in [3.63, 3.8) is 0 Å². The molecule has 1 N–H and O–H groups in total. The number of carbonyl (C=O) groups excluding carboxylic acids is 2. The predicted octanol–water partition coefficient (Wildman–Crippen LogP) is 3.73. The first kappa shape index (κ1) is 26.2. The van der Waals surface area contributed by atoms with Crippen molar-refractivity contribution in [3.8, 4) is 0 Å². The summed E-state index contributed by atoms with van der Waals surface area (Å²) in [4.78, 5) is 27.3. The topological polar surface area (TPSA) is 86.8 Å². The molecule has 0 saturated heterocycles. The van der Waals surface area contributed by atoms with Crippen molar-refractivity contribution in [1.29, 1.82) is 0 Å². The van der Waals surface area contributed by atoms with Crippen LogP contribution in [0, 0.1) is 6.92 Å². The highest BCUT2D eigenvalue weighted by Crippen LogP contribution is 2.26. The smallest absolute Gasteiger partial charge is 0.244 e. The number of carbonyl (C=O) groups is 2. The molecule has 0 spiro atoms. The Morgan fingerprint density at radius 1 is 1.16 bits per heavy atom. The summed E-state index contributed by atoms with van der Waals surface area (Å²) in [5, 5.41) is 3.18. The highest BCUT2D eigenvalue weighted by atomic mass is 79.9. The minimum Gasteiger partial charge on any atom is -0.355 e. The Labute approximate surface area is 202 Å². The van der Waals surface area contributed by atoms with Crippen molar-refractivity contribution in [2.45, 2.75) is 33.4 Å². The first-order valence-corrected chi connectivity index (χ1v) is 13.0. The quantitative estimate of drug-likeness (QED) is 0.521. The average molecular weight is 545 g/mol. The molecule has 1 unspecified atom stereocenters. The zero-order valence-corrected chi connectivity index (χ0v) is 21.6. The largest absolute Gasteiger partial charge is 0.355 e. The number of benzene rings is 2. The fourth-order valence-electron chi connectivity index (χ4n) is 3.18. The molecule has 1 atom stereocenters. The first-order valence-electron chi connectivity index (χ1n) is 9.99. The number of amides is 2. The molecule has 7 nitrogen and oxygen atoms in total. The lowest BCUT2D eigenvalue weighted by atomic mass is 10.1. The monoisotopic (exact) mass is 543 g/mol. The minimum absolute atomic E-state index is 0.154. The molecule has 0 radical (unpaired) electrons. The lowest BCUT2D eigenvalue weighted by Gasteiger charge is -2.31. The zero-order chi connectivity index (χ0) is 24.1. The fraction of sp³-hybridized carbons (Fsp3) is 0.364. The van der Waals surface area contributed by atoms with Gasteiger partial charge in [0.05, 0.1) is 11.9 Å². The maximum atomic E-state index is 13.4. The van der Waals surface area contributed by atoms with E-state index in [-0.39, 0.29) is 12.5 Å². The van der Waals surface area contributed by atoms with E-state index >= 15 is 0 Å². The third kappa shape index (κ3) is 6.95. The number of aryl methyl sites for hydroxylation is 1. The Hall–Kier alpha value is -2.10. The van der Waals surface area contributed by atoms with Gasteiger partial charge in [-0.25, -0.2) is 8.42 Å². The number of anilines is 1. The molecular formula is C22H27BrClN3O4S. The van der Waals surface area contributed by atoms with Crippen LogP contribution in [-0.4, -0.2) is 50.5 Å². The molecule has 0 aliphatic heterocycles. The van der Waals surface area contributed by atoms with Crippen LogP contribution in [0.3, 0.4) is 0 Å². The summed E-state index contributed by atoms with van der Waals surface area (Å²) in [6.45, 7) is 5.27. The SMILES string of the molecule is CCNC(=O)C(C)N(Cc1ccc(Br)cc1)C(=O)CN(c1ccc(Cl)cc1C)S(C)(=O)=O. The number of sulfonamides is 1. The molecule has 174 valence electrons. The number of hydrogen-bond donors (Lipinski definition) is 1. The number of hydrogen-bond acceptors (Lipinski definition) is 4. The number of halogens is 2. The van der Waals surface area contributed by atoms with Gasteiger partial charge in [-0.3, -0.25) is 13.9 Å². The van der Waals surface area contributed by atoms with Crippen LogP contribution in [0.2, 0.25) is 5.02 Å². The van der Waals surface area contributed by atoms with E-state index in [1.165, 1.54) is 4.90 Å². The van der Waals surface area contributed by atoms with Crippen molar-refractivity contribution in [2.24, 2.45) is 0 Å². The van der Waals surface area contributed by atoms with E-state index in [0.29, 0.717) is 22.8 Å². The number of likely N-dealkylation sites (N-methyl/N-ethyl adjacent to an activating group) is 1. The molecule has 0 heterocycles. The molecule has 10 heteroatoms. The van der Waals surface area contributed by atoms with Gasteiger partial charge in [0.1, 0.15) is 12.6 Å². The Balaban J connectivity index is 2.40. The van der Waals surface area contributed by atoms with Crippen molar-refractivity contribution in [2.75, 3.05) is 23.7 Å². The van der Waals surface area contributed by atoms with E-state index in [2.05, 4.69) is 21.2 Å². The summed E-state index contributed by atoms with van der Waals surface area (Å²) in [5.74, 6) is -0.807. The van der Waals surface area contributed by atoms with Crippen LogP contribution in [0.1, 0.15) is 25.0 Å². The van der Waals surface area contributed by atoms with Gasteiger partial charge in [0.15, 0.2) is 0 Å². The van der Waals surface area contributed by atoms with Crippen molar-refractivity contribution in [3.05, 3.63) is 63.1 Å². The Morgan fingerprint density at radius 3 is 2.31 bits per heavy atom. The molecule has 0 bridgehead atoms. The van der Waals surface area contributed by atoms with Crippen LogP contribution in [0.5, 0.6) is 0 Å². The highest BCUT2D eigenvalue weighted by molar-refractivity contribution is 9.10. The van der Waals surface area contributed by atoms with Gasteiger partial charge in [-0.05, 0) is 62.2 Å². The van der Waals surface area contributed by atoms with Gasteiger partial charge >= 0.3 is 0 Å². The second kappa shape index (κ2) is 11.2. The molecule has 2 aromatic carbocycles. The van der Waals surface area contributed by atoms with E-state index in [1.54, 1.807) is 39.0 Å². The molecule has 32 heavy (non-hydrogen) atoms. The number of nitrogens with zero attached hydrogens (tertiary/aromatic N) is 2.